The molecule has 0 aliphatic heterocycles. The molecule has 0 radical (unpaired) electrons. The Labute approximate surface area is 117 Å². The van der Waals surface area contributed by atoms with Crippen molar-refractivity contribution in [2.24, 2.45) is 5.92 Å². The molecule has 1 heteroatoms. The molecule has 0 amide bonds. The van der Waals surface area contributed by atoms with Crippen LogP contribution in [0, 0.1) is 18.3 Å². The predicted octanol–water partition coefficient (Wildman–Crippen LogP) is 3.57. The van der Waals surface area contributed by atoms with Crippen molar-refractivity contribution in [3.8, 4) is 12.3 Å². The van der Waals surface area contributed by atoms with E-state index in [4.69, 9.17) is 6.42 Å². The van der Waals surface area contributed by atoms with Crippen LogP contribution in [0.4, 0.5) is 0 Å². The minimum absolute atomic E-state index is 0.626. The Morgan fingerprint density at radius 1 is 1.32 bits per heavy atom. The summed E-state index contributed by atoms with van der Waals surface area (Å²) >= 11 is 0. The number of hydrogen-bond acceptors (Lipinski definition) is 1. The van der Waals surface area contributed by atoms with E-state index in [1.165, 1.54) is 25.7 Å². The Kier molecular flexibility index (Phi) is 5.48. The van der Waals surface area contributed by atoms with Crippen LogP contribution in [0.5, 0.6) is 0 Å². The third-order valence-corrected chi connectivity index (χ3v) is 4.14. The first kappa shape index (κ1) is 14.2. The zero-order valence-electron chi connectivity index (χ0n) is 12.0. The molecule has 1 aromatic rings. The highest BCUT2D eigenvalue weighted by molar-refractivity contribution is 5.32. The summed E-state index contributed by atoms with van der Waals surface area (Å²) in [6.07, 6.45) is 12.3. The number of unbranched alkanes of at least 4 members (excludes halogenated alkanes) is 1. The molecule has 1 atom stereocenters. The fraction of sp³-hybridized carbons (Fsp3) is 0.556. The monoisotopic (exact) mass is 255 g/mol. The van der Waals surface area contributed by atoms with E-state index in [1.54, 1.807) is 11.1 Å². The van der Waals surface area contributed by atoms with E-state index in [1.807, 2.05) is 0 Å². The lowest BCUT2D eigenvalue weighted by molar-refractivity contribution is 0.340. The largest absolute Gasteiger partial charge is 0.314 e. The van der Waals surface area contributed by atoms with E-state index < -0.39 is 0 Å². The molecule has 19 heavy (non-hydrogen) atoms. The van der Waals surface area contributed by atoms with Crippen LogP contribution in [0.1, 0.15) is 43.7 Å². The van der Waals surface area contributed by atoms with Crippen LogP contribution in [0.15, 0.2) is 24.3 Å². The molecule has 1 aliphatic rings. The molecule has 1 nitrogen and oxygen atoms in total. The van der Waals surface area contributed by atoms with Gasteiger partial charge >= 0.3 is 0 Å². The Balaban J connectivity index is 1.94. The number of rotatable bonds is 7. The topological polar surface area (TPSA) is 12.0 Å². The lowest BCUT2D eigenvalue weighted by atomic mass is 9.92. The zero-order valence-corrected chi connectivity index (χ0v) is 12.0. The maximum Gasteiger partial charge on any atom is 0.0102 e. The van der Waals surface area contributed by atoms with Crippen LogP contribution in [-0.2, 0) is 12.8 Å². The molecule has 0 saturated heterocycles. The summed E-state index contributed by atoms with van der Waals surface area (Å²) in [5.74, 6) is 3.51. The second-order valence-electron chi connectivity index (χ2n) is 5.59. The molecule has 1 unspecified atom stereocenters. The first-order valence-electron chi connectivity index (χ1n) is 7.58. The van der Waals surface area contributed by atoms with Crippen molar-refractivity contribution in [3.63, 3.8) is 0 Å². The van der Waals surface area contributed by atoms with Crippen LogP contribution < -0.4 is 5.32 Å². The highest BCUT2D eigenvalue weighted by Gasteiger charge is 2.27. The van der Waals surface area contributed by atoms with E-state index in [0.717, 1.165) is 25.3 Å². The van der Waals surface area contributed by atoms with Gasteiger partial charge in [-0.15, -0.1) is 12.3 Å². The maximum atomic E-state index is 5.37. The van der Waals surface area contributed by atoms with Gasteiger partial charge in [0.2, 0.25) is 0 Å². The van der Waals surface area contributed by atoms with Gasteiger partial charge in [0, 0.05) is 12.5 Å². The molecular weight excluding hydrogens is 230 g/mol. The highest BCUT2D eigenvalue weighted by Crippen LogP contribution is 2.30. The Hall–Kier alpha value is -1.26. The van der Waals surface area contributed by atoms with Gasteiger partial charge in [-0.2, -0.15) is 0 Å². The van der Waals surface area contributed by atoms with E-state index in [2.05, 4.69) is 42.4 Å². The second kappa shape index (κ2) is 7.36. The summed E-state index contributed by atoms with van der Waals surface area (Å²) in [6, 6.07) is 9.52. The molecular formula is C18H25N. The van der Waals surface area contributed by atoms with Crippen molar-refractivity contribution < 1.29 is 0 Å². The van der Waals surface area contributed by atoms with E-state index in [-0.39, 0.29) is 0 Å². The second-order valence-corrected chi connectivity index (χ2v) is 5.59. The van der Waals surface area contributed by atoms with Gasteiger partial charge in [-0.05, 0) is 55.7 Å². The summed E-state index contributed by atoms with van der Waals surface area (Å²) in [5.41, 5.74) is 3.10. The number of terminal acetylenes is 1. The normalized spacial score (nSPS) is 16.0. The van der Waals surface area contributed by atoms with Crippen LogP contribution in [0.3, 0.4) is 0 Å². The summed E-state index contributed by atoms with van der Waals surface area (Å²) in [4.78, 5) is 0. The van der Waals surface area contributed by atoms with Crippen molar-refractivity contribution in [2.75, 3.05) is 6.54 Å². The van der Waals surface area contributed by atoms with Crippen LogP contribution in [-0.4, -0.2) is 12.6 Å². The average Bonchev–Trinajstić information content (AvgIpc) is 2.86. The fourth-order valence-electron chi connectivity index (χ4n) is 3.14. The lowest BCUT2D eigenvalue weighted by Crippen LogP contribution is -2.37. The van der Waals surface area contributed by atoms with Gasteiger partial charge in [0.1, 0.15) is 0 Å². The minimum atomic E-state index is 0.626. The van der Waals surface area contributed by atoms with Crippen molar-refractivity contribution in [3.05, 3.63) is 35.4 Å². The van der Waals surface area contributed by atoms with Gasteiger partial charge in [-0.25, -0.2) is 0 Å². The van der Waals surface area contributed by atoms with Crippen molar-refractivity contribution >= 4 is 0 Å². The number of benzene rings is 1. The summed E-state index contributed by atoms with van der Waals surface area (Å²) < 4.78 is 0. The smallest absolute Gasteiger partial charge is 0.0102 e. The predicted molar refractivity (Wildman–Crippen MR) is 82.1 cm³/mol. The molecule has 0 aromatic heterocycles. The van der Waals surface area contributed by atoms with Crippen molar-refractivity contribution in [1.82, 2.24) is 5.32 Å². The van der Waals surface area contributed by atoms with Gasteiger partial charge in [0.15, 0.2) is 0 Å². The van der Waals surface area contributed by atoms with Gasteiger partial charge < -0.3 is 5.32 Å². The quantitative estimate of drug-likeness (QED) is 0.580. The van der Waals surface area contributed by atoms with E-state index in [9.17, 15) is 0 Å². The maximum absolute atomic E-state index is 5.37. The standard InChI is InChI=1S/C18H25N/c1-3-5-6-11-18(19-12-4-2)17-13-15-9-7-8-10-16(15)14-17/h1,7-10,17-19H,4-6,11-14H2,2H3. The molecule has 0 spiro atoms. The highest BCUT2D eigenvalue weighted by atomic mass is 14.9. The first-order chi connectivity index (χ1) is 9.35. The lowest BCUT2D eigenvalue weighted by Gasteiger charge is -2.24. The Morgan fingerprint density at radius 3 is 2.58 bits per heavy atom. The molecule has 1 aliphatic carbocycles. The first-order valence-corrected chi connectivity index (χ1v) is 7.58. The van der Waals surface area contributed by atoms with Gasteiger partial charge in [0.25, 0.3) is 0 Å². The minimum Gasteiger partial charge on any atom is -0.314 e. The van der Waals surface area contributed by atoms with Gasteiger partial charge in [-0.1, -0.05) is 31.2 Å². The number of hydrogen-bond donors (Lipinski definition) is 1. The van der Waals surface area contributed by atoms with E-state index >= 15 is 0 Å². The third-order valence-electron chi connectivity index (χ3n) is 4.14. The molecule has 102 valence electrons. The number of fused-ring (bicyclic) bond motifs is 1. The molecule has 0 saturated carbocycles. The molecule has 0 fully saturated rings. The van der Waals surface area contributed by atoms with Gasteiger partial charge in [-0.3, -0.25) is 0 Å². The molecule has 0 bridgehead atoms. The molecule has 0 heterocycles. The SMILES string of the molecule is C#CCCCC(NCCC)C1Cc2ccccc2C1. The fourth-order valence-corrected chi connectivity index (χ4v) is 3.14. The Bertz CT molecular complexity index is 405. The third kappa shape index (κ3) is 3.85. The van der Waals surface area contributed by atoms with E-state index in [0.29, 0.717) is 6.04 Å². The molecule has 2 rings (SSSR count). The zero-order chi connectivity index (χ0) is 13.5. The number of nitrogens with one attached hydrogen (secondary N) is 1. The van der Waals surface area contributed by atoms with Crippen LogP contribution in [0.2, 0.25) is 0 Å². The average molecular weight is 255 g/mol. The van der Waals surface area contributed by atoms with Gasteiger partial charge in [0.05, 0.1) is 0 Å². The van der Waals surface area contributed by atoms with Crippen molar-refractivity contribution in [1.29, 1.82) is 0 Å². The molecule has 1 N–H and O–H groups in total. The molecule has 1 aromatic carbocycles. The summed E-state index contributed by atoms with van der Waals surface area (Å²) in [6.45, 7) is 3.35. The summed E-state index contributed by atoms with van der Waals surface area (Å²) in [5, 5.41) is 3.74. The van der Waals surface area contributed by atoms with Crippen LogP contribution in [0.25, 0.3) is 0 Å². The van der Waals surface area contributed by atoms with Crippen molar-refractivity contribution in [2.45, 2.75) is 51.5 Å². The Morgan fingerprint density at radius 2 is 2.00 bits per heavy atom. The van der Waals surface area contributed by atoms with Crippen LogP contribution >= 0.6 is 0 Å². The summed E-state index contributed by atoms with van der Waals surface area (Å²) in [7, 11) is 0.